The SMILES string of the molecule is COC(=O)Nc1c(Br)cc(C(O)CNC(C)(C)C)cc1Br. The van der Waals surface area contributed by atoms with Crippen LogP contribution in [0.25, 0.3) is 0 Å². The molecule has 0 aromatic heterocycles. The Hall–Kier alpha value is -0.630. The standard InChI is InChI=1S/C14H20Br2N2O3/c1-14(2,3)17-7-11(19)8-5-9(15)12(10(16)6-8)18-13(20)21-4/h5-6,11,17,19H,7H2,1-4H3,(H,18,20). The molecule has 5 nitrogen and oxygen atoms in total. The van der Waals surface area contributed by atoms with Gasteiger partial charge in [0.1, 0.15) is 0 Å². The van der Waals surface area contributed by atoms with E-state index in [1.165, 1.54) is 7.11 Å². The number of ether oxygens (including phenoxy) is 1. The maximum atomic E-state index is 11.3. The fourth-order valence-corrected chi connectivity index (χ4v) is 3.00. The van der Waals surface area contributed by atoms with Crippen molar-refractivity contribution in [2.24, 2.45) is 0 Å². The van der Waals surface area contributed by atoms with Crippen molar-refractivity contribution in [1.82, 2.24) is 5.32 Å². The van der Waals surface area contributed by atoms with E-state index in [9.17, 15) is 9.90 Å². The van der Waals surface area contributed by atoms with E-state index in [0.717, 1.165) is 5.56 Å². The molecule has 0 aliphatic rings. The summed E-state index contributed by atoms with van der Waals surface area (Å²) < 4.78 is 5.89. The topological polar surface area (TPSA) is 70.6 Å². The first-order valence-corrected chi connectivity index (χ1v) is 7.99. The highest BCUT2D eigenvalue weighted by Gasteiger charge is 2.17. The van der Waals surface area contributed by atoms with Crippen LogP contribution in [0.1, 0.15) is 32.4 Å². The molecular weight excluding hydrogens is 404 g/mol. The second kappa shape index (κ2) is 7.58. The van der Waals surface area contributed by atoms with Gasteiger partial charge >= 0.3 is 6.09 Å². The smallest absolute Gasteiger partial charge is 0.411 e. The maximum absolute atomic E-state index is 11.3. The van der Waals surface area contributed by atoms with E-state index >= 15 is 0 Å². The number of carbonyl (C=O) groups is 1. The Morgan fingerprint density at radius 3 is 2.29 bits per heavy atom. The van der Waals surface area contributed by atoms with Crippen molar-refractivity contribution in [2.75, 3.05) is 19.0 Å². The lowest BCUT2D eigenvalue weighted by Gasteiger charge is -2.23. The minimum absolute atomic E-state index is 0.0676. The molecule has 7 heteroatoms. The molecule has 3 N–H and O–H groups in total. The number of aliphatic hydroxyl groups excluding tert-OH is 1. The summed E-state index contributed by atoms with van der Waals surface area (Å²) in [5, 5.41) is 16.1. The molecule has 0 fully saturated rings. The number of carbonyl (C=O) groups excluding carboxylic acids is 1. The summed E-state index contributed by atoms with van der Waals surface area (Å²) in [4.78, 5) is 11.3. The van der Waals surface area contributed by atoms with Crippen LogP contribution in [-0.4, -0.2) is 30.4 Å². The van der Waals surface area contributed by atoms with Gasteiger partial charge in [0.25, 0.3) is 0 Å². The summed E-state index contributed by atoms with van der Waals surface area (Å²) in [5.74, 6) is 0. The van der Waals surface area contributed by atoms with Gasteiger partial charge in [0.2, 0.25) is 0 Å². The number of β-amino-alcohol motifs (C(OH)–C–C–N with tert-alkyl or cyclic N) is 1. The summed E-state index contributed by atoms with van der Waals surface area (Å²) in [5.41, 5.74) is 1.23. The molecule has 1 amide bonds. The molecule has 0 saturated heterocycles. The summed E-state index contributed by atoms with van der Waals surface area (Å²) in [6.45, 7) is 6.55. The number of hydrogen-bond acceptors (Lipinski definition) is 4. The summed E-state index contributed by atoms with van der Waals surface area (Å²) in [6, 6.07) is 3.54. The van der Waals surface area contributed by atoms with E-state index in [0.29, 0.717) is 21.2 Å². The van der Waals surface area contributed by atoms with E-state index in [4.69, 9.17) is 0 Å². The van der Waals surface area contributed by atoms with Crippen LogP contribution < -0.4 is 10.6 Å². The Balaban J connectivity index is 2.89. The van der Waals surface area contributed by atoms with Gasteiger partial charge in [-0.25, -0.2) is 4.79 Å². The largest absolute Gasteiger partial charge is 0.453 e. The number of nitrogens with one attached hydrogen (secondary N) is 2. The zero-order chi connectivity index (χ0) is 16.2. The average Bonchev–Trinajstić information content (AvgIpc) is 2.38. The van der Waals surface area contributed by atoms with E-state index in [1.807, 2.05) is 20.8 Å². The lowest BCUT2D eigenvalue weighted by Crippen LogP contribution is -2.38. The molecule has 0 spiro atoms. The lowest BCUT2D eigenvalue weighted by molar-refractivity contribution is 0.163. The quantitative estimate of drug-likeness (QED) is 0.688. The molecule has 0 heterocycles. The van der Waals surface area contributed by atoms with Crippen LogP contribution in [0.4, 0.5) is 10.5 Å². The van der Waals surface area contributed by atoms with E-state index in [1.54, 1.807) is 12.1 Å². The Morgan fingerprint density at radius 2 is 1.86 bits per heavy atom. The third kappa shape index (κ3) is 5.94. The molecule has 1 aromatic carbocycles. The predicted molar refractivity (Wildman–Crippen MR) is 90.6 cm³/mol. The third-order valence-electron chi connectivity index (χ3n) is 2.69. The van der Waals surface area contributed by atoms with Gasteiger partial charge in [-0.05, 0) is 70.3 Å². The predicted octanol–water partition coefficient (Wildman–Crippen LogP) is 3.81. The van der Waals surface area contributed by atoms with E-state index in [2.05, 4.69) is 47.2 Å². The number of halogens is 2. The molecule has 1 aromatic rings. The lowest BCUT2D eigenvalue weighted by atomic mass is 10.1. The molecule has 118 valence electrons. The number of benzene rings is 1. The Bertz CT molecular complexity index is 492. The first-order chi connectivity index (χ1) is 9.64. The van der Waals surface area contributed by atoms with Gasteiger partial charge in [-0.3, -0.25) is 5.32 Å². The van der Waals surface area contributed by atoms with Gasteiger partial charge in [0.05, 0.1) is 18.9 Å². The number of hydrogen-bond donors (Lipinski definition) is 3. The van der Waals surface area contributed by atoms with Crippen molar-refractivity contribution in [3.8, 4) is 0 Å². The van der Waals surface area contributed by atoms with Gasteiger partial charge in [0.15, 0.2) is 0 Å². The normalized spacial score (nSPS) is 12.9. The van der Waals surface area contributed by atoms with E-state index in [-0.39, 0.29) is 5.54 Å². The highest BCUT2D eigenvalue weighted by molar-refractivity contribution is 9.11. The fourth-order valence-electron chi connectivity index (χ4n) is 1.58. The molecule has 0 radical (unpaired) electrons. The molecule has 0 aliphatic carbocycles. The summed E-state index contributed by atoms with van der Waals surface area (Å²) in [7, 11) is 1.30. The number of rotatable bonds is 4. The van der Waals surface area contributed by atoms with Crippen LogP contribution in [-0.2, 0) is 4.74 Å². The van der Waals surface area contributed by atoms with Crippen LogP contribution in [0.2, 0.25) is 0 Å². The van der Waals surface area contributed by atoms with Crippen molar-refractivity contribution in [3.05, 3.63) is 26.6 Å². The Kier molecular flexibility index (Phi) is 6.65. The second-order valence-corrected chi connectivity index (χ2v) is 7.33. The zero-order valence-corrected chi connectivity index (χ0v) is 15.6. The van der Waals surface area contributed by atoms with Crippen LogP contribution >= 0.6 is 31.9 Å². The van der Waals surface area contributed by atoms with Gasteiger partial charge in [0, 0.05) is 21.0 Å². The average molecular weight is 424 g/mol. The minimum atomic E-state index is -0.649. The number of methoxy groups -OCH3 is 1. The number of aliphatic hydroxyl groups is 1. The monoisotopic (exact) mass is 422 g/mol. The second-order valence-electron chi connectivity index (χ2n) is 5.62. The van der Waals surface area contributed by atoms with Crippen LogP contribution in [0.5, 0.6) is 0 Å². The zero-order valence-electron chi connectivity index (χ0n) is 12.5. The van der Waals surface area contributed by atoms with Crippen LogP contribution in [0, 0.1) is 0 Å². The summed E-state index contributed by atoms with van der Waals surface area (Å²) in [6.07, 6.45) is -1.21. The summed E-state index contributed by atoms with van der Waals surface area (Å²) >= 11 is 6.77. The Labute approximate surface area is 141 Å². The Morgan fingerprint density at radius 1 is 1.33 bits per heavy atom. The molecule has 0 bridgehead atoms. The van der Waals surface area contributed by atoms with Crippen molar-refractivity contribution in [1.29, 1.82) is 0 Å². The maximum Gasteiger partial charge on any atom is 0.411 e. The first-order valence-electron chi connectivity index (χ1n) is 6.41. The molecule has 1 rings (SSSR count). The molecule has 0 saturated carbocycles. The molecule has 0 aliphatic heterocycles. The van der Waals surface area contributed by atoms with Gasteiger partial charge in [-0.2, -0.15) is 0 Å². The molecule has 21 heavy (non-hydrogen) atoms. The van der Waals surface area contributed by atoms with Crippen molar-refractivity contribution in [3.63, 3.8) is 0 Å². The van der Waals surface area contributed by atoms with Crippen LogP contribution in [0.3, 0.4) is 0 Å². The van der Waals surface area contributed by atoms with Crippen molar-refractivity contribution in [2.45, 2.75) is 32.4 Å². The molecule has 1 unspecified atom stereocenters. The van der Waals surface area contributed by atoms with Crippen molar-refractivity contribution < 1.29 is 14.6 Å². The number of amides is 1. The van der Waals surface area contributed by atoms with E-state index < -0.39 is 12.2 Å². The highest BCUT2D eigenvalue weighted by atomic mass is 79.9. The first kappa shape index (κ1) is 18.4. The van der Waals surface area contributed by atoms with Crippen LogP contribution in [0.15, 0.2) is 21.1 Å². The van der Waals surface area contributed by atoms with Gasteiger partial charge in [-0.1, -0.05) is 0 Å². The minimum Gasteiger partial charge on any atom is -0.453 e. The van der Waals surface area contributed by atoms with Crippen molar-refractivity contribution >= 4 is 43.6 Å². The highest BCUT2D eigenvalue weighted by Crippen LogP contribution is 2.34. The number of anilines is 1. The van der Waals surface area contributed by atoms with Gasteiger partial charge < -0.3 is 15.2 Å². The third-order valence-corrected chi connectivity index (χ3v) is 3.94. The molecule has 1 atom stereocenters. The molecular formula is C14H20Br2N2O3. The fraction of sp³-hybridized carbons (Fsp3) is 0.500. The van der Waals surface area contributed by atoms with Gasteiger partial charge in [-0.15, -0.1) is 0 Å².